The quantitative estimate of drug-likeness (QED) is 0.0672. The fourth-order valence-corrected chi connectivity index (χ4v) is 4.17. The molecule has 9 atom stereocenters. The maximum absolute atomic E-state index is 10.8. The molecule has 8 N–H and O–H groups in total. The van der Waals surface area contributed by atoms with E-state index < -0.39 is 62.2 Å². The Morgan fingerprint density at radius 2 is 1.14 bits per heavy atom. The highest BCUT2D eigenvalue weighted by Gasteiger charge is 2.37. The number of aliphatic hydroxyl groups excluding tert-OH is 8. The first-order chi connectivity index (χ1) is 17.1. The zero-order chi connectivity index (χ0) is 27.5. The van der Waals surface area contributed by atoms with E-state index in [-0.39, 0.29) is 18.9 Å². The zero-order valence-electron chi connectivity index (χ0n) is 22.5. The van der Waals surface area contributed by atoms with Crippen LogP contribution in [-0.4, -0.2) is 103 Å². The highest BCUT2D eigenvalue weighted by atomic mass is 16.6. The van der Waals surface area contributed by atoms with Crippen molar-refractivity contribution in [2.75, 3.05) is 13.2 Å². The Morgan fingerprint density at radius 3 is 1.69 bits per heavy atom. The van der Waals surface area contributed by atoms with Gasteiger partial charge in [0.25, 0.3) is 0 Å². The second-order valence-electron chi connectivity index (χ2n) is 9.84. The summed E-state index contributed by atoms with van der Waals surface area (Å²) in [4.78, 5) is 0. The third-order valence-electron chi connectivity index (χ3n) is 6.63. The molecule has 0 aromatic rings. The summed E-state index contributed by atoms with van der Waals surface area (Å²) in [6.07, 6.45) is -0.893. The first kappa shape index (κ1) is 35.6. The molecule has 0 aromatic carbocycles. The fraction of sp³-hybridized carbons (Fsp3) is 1.00. The third-order valence-corrected chi connectivity index (χ3v) is 6.63. The summed E-state index contributed by atoms with van der Waals surface area (Å²) in [5, 5.41) is 79.6. The Bertz CT molecular complexity index is 497. The van der Waals surface area contributed by atoms with Gasteiger partial charge in [-0.25, -0.2) is 0 Å². The molecule has 0 aliphatic heterocycles. The molecule has 0 radical (unpaired) electrons. The number of aliphatic hydroxyl groups is 8. The number of hydrogen-bond acceptors (Lipinski definition) is 10. The Labute approximate surface area is 216 Å². The summed E-state index contributed by atoms with van der Waals surface area (Å²) < 4.78 is 11.2. The van der Waals surface area contributed by atoms with Gasteiger partial charge in [-0.2, -0.15) is 0 Å². The third kappa shape index (κ3) is 14.5. The van der Waals surface area contributed by atoms with E-state index in [4.69, 9.17) is 14.6 Å². The summed E-state index contributed by atoms with van der Waals surface area (Å²) in [6, 6.07) is 0. The molecule has 0 aliphatic carbocycles. The van der Waals surface area contributed by atoms with Gasteiger partial charge < -0.3 is 50.3 Å². The highest BCUT2D eigenvalue weighted by Crippen LogP contribution is 2.23. The van der Waals surface area contributed by atoms with Crippen LogP contribution in [0.1, 0.15) is 97.8 Å². The van der Waals surface area contributed by atoms with Crippen LogP contribution in [0.3, 0.4) is 0 Å². The van der Waals surface area contributed by atoms with Gasteiger partial charge >= 0.3 is 0 Å². The first-order valence-electron chi connectivity index (χ1n) is 13.7. The summed E-state index contributed by atoms with van der Waals surface area (Å²) in [6.45, 7) is 4.95. The topological polar surface area (TPSA) is 180 Å². The number of unbranched alkanes of at least 4 members (excludes halogenated alkanes) is 6. The van der Waals surface area contributed by atoms with E-state index >= 15 is 0 Å². The second-order valence-corrected chi connectivity index (χ2v) is 9.84. The van der Waals surface area contributed by atoms with Crippen LogP contribution < -0.4 is 0 Å². The molecule has 0 spiro atoms. The SMILES string of the molecule is CCCCCCCCCC(CCC)OC(O)C(C)C(O)C(CCO)OC(O)C(O)C(O)C(O)CCO. The summed E-state index contributed by atoms with van der Waals surface area (Å²) >= 11 is 0. The van der Waals surface area contributed by atoms with Crippen molar-refractivity contribution >= 4 is 0 Å². The normalized spacial score (nSPS) is 19.8. The predicted octanol–water partition coefficient (Wildman–Crippen LogP) is 1.18. The van der Waals surface area contributed by atoms with Gasteiger partial charge in [-0.05, 0) is 25.7 Å². The van der Waals surface area contributed by atoms with Crippen LogP contribution in [0, 0.1) is 5.92 Å². The molecule has 0 saturated carbocycles. The summed E-state index contributed by atoms with van der Waals surface area (Å²) in [7, 11) is 0. The molecule has 0 bridgehead atoms. The van der Waals surface area contributed by atoms with Crippen molar-refractivity contribution in [3.05, 3.63) is 0 Å². The van der Waals surface area contributed by atoms with Crippen LogP contribution in [0.2, 0.25) is 0 Å². The summed E-state index contributed by atoms with van der Waals surface area (Å²) in [5.41, 5.74) is 0. The smallest absolute Gasteiger partial charge is 0.183 e. The van der Waals surface area contributed by atoms with Crippen LogP contribution in [0.4, 0.5) is 0 Å². The zero-order valence-corrected chi connectivity index (χ0v) is 22.5. The van der Waals surface area contributed by atoms with Gasteiger partial charge in [0.1, 0.15) is 12.2 Å². The Balaban J connectivity index is 4.89. The molecule has 36 heavy (non-hydrogen) atoms. The number of ether oxygens (including phenoxy) is 2. The highest BCUT2D eigenvalue weighted by molar-refractivity contribution is 4.81. The fourth-order valence-electron chi connectivity index (χ4n) is 4.17. The van der Waals surface area contributed by atoms with E-state index in [1.165, 1.54) is 32.1 Å². The van der Waals surface area contributed by atoms with Crippen LogP contribution >= 0.6 is 0 Å². The maximum atomic E-state index is 10.8. The van der Waals surface area contributed by atoms with Crippen LogP contribution in [0.15, 0.2) is 0 Å². The van der Waals surface area contributed by atoms with Gasteiger partial charge in [0.05, 0.1) is 24.4 Å². The average molecular weight is 527 g/mol. The largest absolute Gasteiger partial charge is 0.396 e. The lowest BCUT2D eigenvalue weighted by atomic mass is 9.96. The number of hydrogen-bond donors (Lipinski definition) is 8. The Hall–Kier alpha value is -0.400. The van der Waals surface area contributed by atoms with Crippen molar-refractivity contribution < 1.29 is 50.3 Å². The molecule has 0 saturated heterocycles. The van der Waals surface area contributed by atoms with Gasteiger partial charge in [0.15, 0.2) is 12.6 Å². The van der Waals surface area contributed by atoms with Gasteiger partial charge in [0.2, 0.25) is 0 Å². The van der Waals surface area contributed by atoms with Crippen molar-refractivity contribution in [1.82, 2.24) is 0 Å². The molecule has 0 amide bonds. The first-order valence-corrected chi connectivity index (χ1v) is 13.7. The van der Waals surface area contributed by atoms with Crippen molar-refractivity contribution in [1.29, 1.82) is 0 Å². The molecule has 10 heteroatoms. The van der Waals surface area contributed by atoms with Crippen molar-refractivity contribution in [3.8, 4) is 0 Å². The van der Waals surface area contributed by atoms with Crippen LogP contribution in [0.25, 0.3) is 0 Å². The van der Waals surface area contributed by atoms with E-state index in [9.17, 15) is 35.7 Å². The number of rotatable bonds is 24. The Morgan fingerprint density at radius 1 is 0.556 bits per heavy atom. The minimum atomic E-state index is -1.99. The molecule has 0 aromatic heterocycles. The minimum absolute atomic E-state index is 0.117. The molecule has 9 unspecified atom stereocenters. The molecule has 0 heterocycles. The summed E-state index contributed by atoms with van der Waals surface area (Å²) in [5.74, 6) is -0.843. The van der Waals surface area contributed by atoms with Crippen molar-refractivity contribution in [2.45, 2.75) is 147 Å². The molecular weight excluding hydrogens is 472 g/mol. The van der Waals surface area contributed by atoms with Crippen LogP contribution in [0.5, 0.6) is 0 Å². The van der Waals surface area contributed by atoms with E-state index in [0.29, 0.717) is 0 Å². The van der Waals surface area contributed by atoms with E-state index in [1.807, 2.05) is 6.92 Å². The lowest BCUT2D eigenvalue weighted by Gasteiger charge is -2.34. The molecule has 0 fully saturated rings. The van der Waals surface area contributed by atoms with Crippen molar-refractivity contribution in [2.24, 2.45) is 5.92 Å². The maximum Gasteiger partial charge on any atom is 0.183 e. The predicted molar refractivity (Wildman–Crippen MR) is 136 cm³/mol. The van der Waals surface area contributed by atoms with E-state index in [2.05, 4.69) is 6.92 Å². The van der Waals surface area contributed by atoms with Gasteiger partial charge in [-0.1, -0.05) is 72.1 Å². The molecule has 218 valence electrons. The molecule has 10 nitrogen and oxygen atoms in total. The van der Waals surface area contributed by atoms with Gasteiger partial charge in [-0.15, -0.1) is 0 Å². The van der Waals surface area contributed by atoms with E-state index in [0.717, 1.165) is 32.1 Å². The lowest BCUT2D eigenvalue weighted by molar-refractivity contribution is -0.251. The van der Waals surface area contributed by atoms with E-state index in [1.54, 1.807) is 6.92 Å². The van der Waals surface area contributed by atoms with Gasteiger partial charge in [0, 0.05) is 19.1 Å². The lowest BCUT2D eigenvalue weighted by Crippen LogP contribution is -2.50. The van der Waals surface area contributed by atoms with Gasteiger partial charge in [-0.3, -0.25) is 0 Å². The second kappa shape index (κ2) is 21.5. The molecular formula is C26H54O10. The Kier molecular flexibility index (Phi) is 21.3. The average Bonchev–Trinajstić information content (AvgIpc) is 2.86. The molecule has 0 rings (SSSR count). The standard InChI is InChI=1S/C26H54O10/c1-4-6-7-8-9-10-11-13-19(12-5-2)35-25(33)18(3)22(30)21(15-17-28)36-26(34)24(32)23(31)20(29)14-16-27/h18-34H,4-17H2,1-3H3. The monoisotopic (exact) mass is 526 g/mol. The molecule has 0 aliphatic rings. The van der Waals surface area contributed by atoms with Crippen molar-refractivity contribution in [3.63, 3.8) is 0 Å². The van der Waals surface area contributed by atoms with Crippen LogP contribution in [-0.2, 0) is 9.47 Å². The minimum Gasteiger partial charge on any atom is -0.396 e.